The Labute approximate surface area is 122 Å². The smallest absolute Gasteiger partial charge is 0.265 e. The first-order chi connectivity index (χ1) is 10.0. The average molecular weight is 301 g/mol. The van der Waals surface area contributed by atoms with E-state index in [2.05, 4.69) is 14.4 Å². The van der Waals surface area contributed by atoms with Gasteiger partial charge in [-0.15, -0.1) is 0 Å². The summed E-state index contributed by atoms with van der Waals surface area (Å²) in [6, 6.07) is 11.2. The van der Waals surface area contributed by atoms with Gasteiger partial charge in [0.15, 0.2) is 0 Å². The normalized spacial score (nSPS) is 11.7. The number of pyridine rings is 1. The van der Waals surface area contributed by atoms with Crippen LogP contribution in [0.15, 0.2) is 58.8 Å². The second kappa shape index (κ2) is 6.15. The summed E-state index contributed by atoms with van der Waals surface area (Å²) in [6.45, 7) is 1.55. The van der Waals surface area contributed by atoms with Crippen molar-refractivity contribution in [2.45, 2.75) is 11.8 Å². The highest BCUT2D eigenvalue weighted by Gasteiger charge is 2.15. The Balaban J connectivity index is 2.27. The molecule has 0 radical (unpaired) electrons. The molecular weight excluding hydrogens is 290 g/mol. The summed E-state index contributed by atoms with van der Waals surface area (Å²) in [5.41, 5.74) is 1.03. The number of oxime groups is 1. The zero-order chi connectivity index (χ0) is 15.3. The van der Waals surface area contributed by atoms with Gasteiger partial charge in [-0.3, -0.25) is 9.27 Å². The molecule has 0 spiro atoms. The predicted molar refractivity (Wildman–Crippen MR) is 75.9 cm³/mol. The van der Waals surface area contributed by atoms with Crippen LogP contribution in [0.5, 0.6) is 0 Å². The van der Waals surface area contributed by atoms with Crippen LogP contribution in [-0.2, 0) is 14.4 Å². The highest BCUT2D eigenvalue weighted by molar-refractivity contribution is 7.86. The van der Waals surface area contributed by atoms with Crippen molar-refractivity contribution in [3.8, 4) is 6.07 Å². The first-order valence-electron chi connectivity index (χ1n) is 5.92. The third-order valence-electron chi connectivity index (χ3n) is 2.64. The molecule has 21 heavy (non-hydrogen) atoms. The molecule has 0 N–H and O–H groups in total. The van der Waals surface area contributed by atoms with E-state index in [1.807, 2.05) is 6.07 Å². The van der Waals surface area contributed by atoms with Gasteiger partial charge in [-0.05, 0) is 25.1 Å². The standard InChI is InChI=1S/C14H11N3O3S/c1-11(14-7-8-16-10-12(14)9-15)17-20-21(18,19)13-5-3-2-4-6-13/h2-8,10H,1H3. The minimum absolute atomic E-state index is 0.0109. The molecule has 106 valence electrons. The fraction of sp³-hybridized carbons (Fsp3) is 0.0714. The second-order valence-electron chi connectivity index (χ2n) is 4.05. The van der Waals surface area contributed by atoms with Gasteiger partial charge in [-0.2, -0.15) is 13.7 Å². The maximum absolute atomic E-state index is 11.9. The second-order valence-corrected chi connectivity index (χ2v) is 5.58. The lowest BCUT2D eigenvalue weighted by molar-refractivity contribution is 0.339. The number of aromatic nitrogens is 1. The fourth-order valence-corrected chi connectivity index (χ4v) is 2.37. The number of benzene rings is 1. The summed E-state index contributed by atoms with van der Waals surface area (Å²) >= 11 is 0. The molecule has 1 heterocycles. The number of nitriles is 1. The quantitative estimate of drug-likeness (QED) is 0.636. The lowest BCUT2D eigenvalue weighted by atomic mass is 10.1. The van der Waals surface area contributed by atoms with Crippen molar-refractivity contribution >= 4 is 15.8 Å². The Kier molecular flexibility index (Phi) is 4.30. The van der Waals surface area contributed by atoms with E-state index in [-0.39, 0.29) is 10.6 Å². The molecule has 6 nitrogen and oxygen atoms in total. The summed E-state index contributed by atoms with van der Waals surface area (Å²) in [6.07, 6.45) is 2.86. The van der Waals surface area contributed by atoms with E-state index < -0.39 is 10.1 Å². The molecule has 2 rings (SSSR count). The van der Waals surface area contributed by atoms with Gasteiger partial charge >= 0.3 is 10.1 Å². The van der Waals surface area contributed by atoms with Crippen LogP contribution in [-0.4, -0.2) is 19.1 Å². The molecule has 0 fully saturated rings. The Hall–Kier alpha value is -2.72. The average Bonchev–Trinajstić information content (AvgIpc) is 2.53. The highest BCUT2D eigenvalue weighted by atomic mass is 32.2. The third kappa shape index (κ3) is 3.43. The molecule has 0 unspecified atom stereocenters. The molecule has 0 saturated heterocycles. The molecule has 0 aliphatic heterocycles. The summed E-state index contributed by atoms with van der Waals surface area (Å²) in [5, 5.41) is 12.6. The lowest BCUT2D eigenvalue weighted by Crippen LogP contribution is -2.06. The maximum Gasteiger partial charge on any atom is 0.358 e. The van der Waals surface area contributed by atoms with E-state index in [0.29, 0.717) is 11.1 Å². The molecule has 0 aliphatic rings. The van der Waals surface area contributed by atoms with Gasteiger partial charge in [0.1, 0.15) is 11.0 Å². The molecule has 7 heteroatoms. The Morgan fingerprint density at radius 3 is 2.67 bits per heavy atom. The zero-order valence-corrected chi connectivity index (χ0v) is 11.9. The molecular formula is C14H11N3O3S. The predicted octanol–water partition coefficient (Wildman–Crippen LogP) is 2.08. The first kappa shape index (κ1) is 14.7. The number of rotatable bonds is 4. The summed E-state index contributed by atoms with van der Waals surface area (Å²) in [5.74, 6) is 0. The van der Waals surface area contributed by atoms with Gasteiger partial charge in [-0.25, -0.2) is 0 Å². The minimum Gasteiger partial charge on any atom is -0.265 e. The van der Waals surface area contributed by atoms with Gasteiger partial charge in [0.05, 0.1) is 11.3 Å². The molecule has 0 saturated carbocycles. The van der Waals surface area contributed by atoms with E-state index in [1.54, 1.807) is 31.2 Å². The van der Waals surface area contributed by atoms with Gasteiger partial charge in [-0.1, -0.05) is 23.4 Å². The van der Waals surface area contributed by atoms with Crippen LogP contribution in [0.4, 0.5) is 0 Å². The molecule has 2 aromatic rings. The van der Waals surface area contributed by atoms with Gasteiger partial charge in [0.2, 0.25) is 0 Å². The topological polar surface area (TPSA) is 92.4 Å². The van der Waals surface area contributed by atoms with Crippen molar-refractivity contribution in [3.63, 3.8) is 0 Å². The summed E-state index contributed by atoms with van der Waals surface area (Å²) < 4.78 is 28.5. The van der Waals surface area contributed by atoms with Gasteiger partial charge in [0.25, 0.3) is 0 Å². The monoisotopic (exact) mass is 301 g/mol. The molecule has 0 amide bonds. The Morgan fingerprint density at radius 2 is 2.00 bits per heavy atom. The van der Waals surface area contributed by atoms with Crippen molar-refractivity contribution in [1.29, 1.82) is 5.26 Å². The zero-order valence-electron chi connectivity index (χ0n) is 11.1. The van der Waals surface area contributed by atoms with E-state index in [0.717, 1.165) is 0 Å². The van der Waals surface area contributed by atoms with E-state index in [4.69, 9.17) is 5.26 Å². The summed E-state index contributed by atoms with van der Waals surface area (Å²) in [7, 11) is -3.97. The highest BCUT2D eigenvalue weighted by Crippen LogP contribution is 2.13. The minimum atomic E-state index is -3.97. The van der Waals surface area contributed by atoms with Crippen molar-refractivity contribution in [3.05, 3.63) is 59.9 Å². The largest absolute Gasteiger partial charge is 0.358 e. The SMILES string of the molecule is CC(=NOS(=O)(=O)c1ccccc1)c1ccncc1C#N. The molecule has 1 aromatic heterocycles. The van der Waals surface area contributed by atoms with Crippen LogP contribution in [0.3, 0.4) is 0 Å². The lowest BCUT2D eigenvalue weighted by Gasteiger charge is -2.04. The van der Waals surface area contributed by atoms with Gasteiger partial charge < -0.3 is 0 Å². The van der Waals surface area contributed by atoms with E-state index >= 15 is 0 Å². The third-order valence-corrected chi connectivity index (χ3v) is 3.76. The van der Waals surface area contributed by atoms with Crippen LogP contribution in [0.2, 0.25) is 0 Å². The number of hydrogen-bond acceptors (Lipinski definition) is 6. The van der Waals surface area contributed by atoms with Crippen LogP contribution in [0.1, 0.15) is 18.1 Å². The molecule has 1 aromatic carbocycles. The van der Waals surface area contributed by atoms with E-state index in [1.165, 1.54) is 24.5 Å². The number of hydrogen-bond donors (Lipinski definition) is 0. The van der Waals surface area contributed by atoms with E-state index in [9.17, 15) is 8.42 Å². The molecule has 0 atom stereocenters. The maximum atomic E-state index is 11.9. The van der Waals surface area contributed by atoms with Crippen molar-refractivity contribution in [2.24, 2.45) is 5.16 Å². The van der Waals surface area contributed by atoms with Crippen molar-refractivity contribution in [2.75, 3.05) is 0 Å². The van der Waals surface area contributed by atoms with Crippen LogP contribution in [0, 0.1) is 11.3 Å². The van der Waals surface area contributed by atoms with Crippen LogP contribution < -0.4 is 0 Å². The molecule has 0 bridgehead atoms. The molecule has 0 aliphatic carbocycles. The van der Waals surface area contributed by atoms with Crippen molar-refractivity contribution in [1.82, 2.24) is 4.98 Å². The summed E-state index contributed by atoms with van der Waals surface area (Å²) in [4.78, 5) is 3.83. The van der Waals surface area contributed by atoms with Crippen LogP contribution in [0.25, 0.3) is 0 Å². The number of nitrogens with zero attached hydrogens (tertiary/aromatic N) is 3. The van der Waals surface area contributed by atoms with Crippen LogP contribution >= 0.6 is 0 Å². The first-order valence-corrected chi connectivity index (χ1v) is 7.33. The fourth-order valence-electron chi connectivity index (χ4n) is 1.58. The van der Waals surface area contributed by atoms with Gasteiger partial charge in [0, 0.05) is 18.0 Å². The Morgan fingerprint density at radius 1 is 1.29 bits per heavy atom. The Bertz CT molecular complexity index is 809. The van der Waals surface area contributed by atoms with Crippen molar-refractivity contribution < 1.29 is 12.7 Å².